The van der Waals surface area contributed by atoms with Crippen molar-refractivity contribution in [3.63, 3.8) is 0 Å². The van der Waals surface area contributed by atoms with E-state index >= 15 is 0 Å². The molecule has 0 amide bonds. The Morgan fingerprint density at radius 3 is 2.33 bits per heavy atom. The minimum Gasteiger partial charge on any atom is -0.354 e. The van der Waals surface area contributed by atoms with Crippen molar-refractivity contribution in [3.8, 4) is 0 Å². The minimum atomic E-state index is 0.0480. The molecule has 3 aliphatic rings. The van der Waals surface area contributed by atoms with Crippen molar-refractivity contribution >= 4 is 5.96 Å². The highest BCUT2D eigenvalue weighted by atomic mass is 15.6. The van der Waals surface area contributed by atoms with E-state index in [-0.39, 0.29) is 6.17 Å². The van der Waals surface area contributed by atoms with Crippen LogP contribution in [0.2, 0.25) is 0 Å². The van der Waals surface area contributed by atoms with Gasteiger partial charge in [-0.25, -0.2) is 5.01 Å². The summed E-state index contributed by atoms with van der Waals surface area (Å²) in [6, 6.07) is 1.22. The van der Waals surface area contributed by atoms with Gasteiger partial charge < -0.3 is 20.5 Å². The summed E-state index contributed by atoms with van der Waals surface area (Å²) in [5.74, 6) is 1.28. The van der Waals surface area contributed by atoms with Crippen LogP contribution in [0.4, 0.5) is 0 Å². The van der Waals surface area contributed by atoms with Crippen LogP contribution in [0.3, 0.4) is 0 Å². The van der Waals surface area contributed by atoms with Crippen LogP contribution in [0.15, 0.2) is 12.3 Å². The number of hydrogen-bond acceptors (Lipinski definition) is 4. The fraction of sp³-hybridized carbons (Fsp3) is 0.857. The first-order chi connectivity index (χ1) is 12.9. The van der Waals surface area contributed by atoms with Crippen molar-refractivity contribution < 1.29 is 0 Å². The summed E-state index contributed by atoms with van der Waals surface area (Å²) in [6.07, 6.45) is 11.5. The summed E-state index contributed by atoms with van der Waals surface area (Å²) in [7, 11) is 4.13. The van der Waals surface area contributed by atoms with E-state index in [0.29, 0.717) is 12.0 Å². The third-order valence-electron chi connectivity index (χ3n) is 6.77. The molecule has 1 unspecified atom stereocenters. The lowest BCUT2D eigenvalue weighted by Gasteiger charge is -2.38. The van der Waals surface area contributed by atoms with Gasteiger partial charge in [0.05, 0.1) is 6.17 Å². The Morgan fingerprint density at radius 1 is 1.11 bits per heavy atom. The summed E-state index contributed by atoms with van der Waals surface area (Å²) in [4.78, 5) is 2.68. The van der Waals surface area contributed by atoms with Crippen LogP contribution in [-0.2, 0) is 0 Å². The van der Waals surface area contributed by atoms with Gasteiger partial charge >= 0.3 is 0 Å². The number of allylic oxidation sites excluding steroid dienone is 1. The summed E-state index contributed by atoms with van der Waals surface area (Å²) < 4.78 is 0. The second kappa shape index (κ2) is 9.28. The van der Waals surface area contributed by atoms with E-state index in [1.807, 2.05) is 0 Å². The second-order valence-electron chi connectivity index (χ2n) is 8.90. The van der Waals surface area contributed by atoms with Crippen LogP contribution in [0, 0.1) is 11.3 Å². The zero-order valence-corrected chi connectivity index (χ0v) is 17.6. The van der Waals surface area contributed by atoms with Crippen LogP contribution >= 0.6 is 0 Å². The third kappa shape index (κ3) is 5.85. The number of hydrazine groups is 1. The largest absolute Gasteiger partial charge is 0.354 e. The van der Waals surface area contributed by atoms with Gasteiger partial charge in [-0.05, 0) is 83.7 Å². The molecule has 0 radical (unpaired) electrons. The van der Waals surface area contributed by atoms with Gasteiger partial charge in [0.25, 0.3) is 0 Å². The first kappa shape index (κ1) is 20.5. The van der Waals surface area contributed by atoms with Crippen molar-refractivity contribution in [2.45, 2.75) is 83.0 Å². The van der Waals surface area contributed by atoms with Crippen molar-refractivity contribution in [3.05, 3.63) is 12.3 Å². The SMILES string of the molecule is C=C(CC1CC1)N(C)N(C)C(C)NC(=N)N[C@H]1CC[C@H](N2CCCC2)CC1. The molecule has 154 valence electrons. The van der Waals surface area contributed by atoms with Crippen LogP contribution in [-0.4, -0.2) is 66.3 Å². The molecule has 2 saturated carbocycles. The maximum absolute atomic E-state index is 8.34. The van der Waals surface area contributed by atoms with Crippen molar-refractivity contribution in [1.82, 2.24) is 25.6 Å². The number of likely N-dealkylation sites (tertiary alicyclic amines) is 1. The van der Waals surface area contributed by atoms with Gasteiger partial charge in [-0.1, -0.05) is 6.58 Å². The van der Waals surface area contributed by atoms with Gasteiger partial charge in [-0.15, -0.1) is 0 Å². The molecule has 0 spiro atoms. The molecule has 1 heterocycles. The lowest BCUT2D eigenvalue weighted by molar-refractivity contribution is 0.0149. The first-order valence-electron chi connectivity index (χ1n) is 10.9. The van der Waals surface area contributed by atoms with Crippen molar-refractivity contribution in [2.75, 3.05) is 27.2 Å². The average Bonchev–Trinajstić information content (AvgIpc) is 3.29. The molecule has 1 atom stereocenters. The number of rotatable bonds is 8. The number of hydrogen-bond donors (Lipinski definition) is 3. The first-order valence-corrected chi connectivity index (χ1v) is 10.9. The Kier molecular flexibility index (Phi) is 7.04. The van der Waals surface area contributed by atoms with Crippen LogP contribution in [0.1, 0.15) is 64.7 Å². The molecule has 27 heavy (non-hydrogen) atoms. The van der Waals surface area contributed by atoms with Gasteiger partial charge in [-0.3, -0.25) is 5.41 Å². The Bertz CT molecular complexity index is 503. The van der Waals surface area contributed by atoms with E-state index in [9.17, 15) is 0 Å². The molecular weight excluding hydrogens is 336 g/mol. The quantitative estimate of drug-likeness (QED) is 0.263. The molecule has 3 rings (SSSR count). The molecule has 3 N–H and O–H groups in total. The highest BCUT2D eigenvalue weighted by Crippen LogP contribution is 2.35. The van der Waals surface area contributed by atoms with E-state index < -0.39 is 0 Å². The Labute approximate surface area is 165 Å². The Morgan fingerprint density at radius 2 is 1.74 bits per heavy atom. The summed E-state index contributed by atoms with van der Waals surface area (Å²) in [6.45, 7) is 8.92. The Balaban J connectivity index is 1.36. The minimum absolute atomic E-state index is 0.0480. The van der Waals surface area contributed by atoms with E-state index in [4.69, 9.17) is 5.41 Å². The maximum Gasteiger partial charge on any atom is 0.189 e. The lowest BCUT2D eigenvalue weighted by atomic mass is 9.90. The normalized spacial score (nSPS) is 27.4. The highest BCUT2D eigenvalue weighted by molar-refractivity contribution is 5.76. The standard InChI is InChI=1S/C21H40N6/c1-16(15-18-7-8-18)25(3)26(4)17(2)23-21(22)24-19-9-11-20(12-10-19)27-13-5-6-14-27/h17-20H,1,5-15H2,2-4H3,(H3,22,23,24)/t17?,19-,20-. The van der Waals surface area contributed by atoms with Gasteiger partial charge in [0.2, 0.25) is 0 Å². The average molecular weight is 377 g/mol. The second-order valence-corrected chi connectivity index (χ2v) is 8.90. The van der Waals surface area contributed by atoms with E-state index in [1.165, 1.54) is 64.5 Å². The number of nitrogens with one attached hydrogen (secondary N) is 3. The number of nitrogens with zero attached hydrogens (tertiary/aromatic N) is 3. The van der Waals surface area contributed by atoms with E-state index in [2.05, 4.69) is 53.1 Å². The molecule has 1 aliphatic heterocycles. The van der Waals surface area contributed by atoms with Crippen molar-refractivity contribution in [2.24, 2.45) is 5.92 Å². The predicted octanol–water partition coefficient (Wildman–Crippen LogP) is 2.95. The number of guanidine groups is 1. The van der Waals surface area contributed by atoms with E-state index in [1.54, 1.807) is 0 Å². The third-order valence-corrected chi connectivity index (χ3v) is 6.77. The van der Waals surface area contributed by atoms with Gasteiger partial charge in [0, 0.05) is 31.9 Å². The zero-order chi connectivity index (χ0) is 19.4. The molecule has 0 aromatic rings. The molecule has 6 nitrogen and oxygen atoms in total. The van der Waals surface area contributed by atoms with E-state index in [0.717, 1.165) is 24.1 Å². The fourth-order valence-electron chi connectivity index (χ4n) is 4.51. The fourth-order valence-corrected chi connectivity index (χ4v) is 4.51. The van der Waals surface area contributed by atoms with Crippen molar-refractivity contribution in [1.29, 1.82) is 5.41 Å². The predicted molar refractivity (Wildman–Crippen MR) is 112 cm³/mol. The monoisotopic (exact) mass is 376 g/mol. The molecular formula is C21H40N6. The molecule has 2 aliphatic carbocycles. The van der Waals surface area contributed by atoms with Gasteiger partial charge in [0.1, 0.15) is 0 Å². The molecule has 0 bridgehead atoms. The molecule has 0 aromatic carbocycles. The lowest BCUT2D eigenvalue weighted by Crippen LogP contribution is -2.55. The molecule has 3 fully saturated rings. The topological polar surface area (TPSA) is 57.6 Å². The van der Waals surface area contributed by atoms with Crippen LogP contribution < -0.4 is 10.6 Å². The van der Waals surface area contributed by atoms with Gasteiger partial charge in [0.15, 0.2) is 5.96 Å². The molecule has 6 heteroatoms. The summed E-state index contributed by atoms with van der Waals surface area (Å²) in [5, 5.41) is 19.3. The van der Waals surface area contributed by atoms with Crippen LogP contribution in [0.5, 0.6) is 0 Å². The highest BCUT2D eigenvalue weighted by Gasteiger charge is 2.28. The summed E-state index contributed by atoms with van der Waals surface area (Å²) >= 11 is 0. The smallest absolute Gasteiger partial charge is 0.189 e. The molecule has 1 saturated heterocycles. The van der Waals surface area contributed by atoms with Crippen LogP contribution in [0.25, 0.3) is 0 Å². The van der Waals surface area contributed by atoms with Gasteiger partial charge in [-0.2, -0.15) is 0 Å². The molecule has 0 aromatic heterocycles. The summed E-state index contributed by atoms with van der Waals surface area (Å²) in [5.41, 5.74) is 1.16. The maximum atomic E-state index is 8.34. The Hall–Kier alpha value is -1.27. The zero-order valence-electron chi connectivity index (χ0n) is 17.6.